The van der Waals surface area contributed by atoms with E-state index < -0.39 is 17.7 Å². The van der Waals surface area contributed by atoms with Crippen LogP contribution in [0, 0.1) is 0 Å². The largest absolute Gasteiger partial charge is 0.419 e. The van der Waals surface area contributed by atoms with E-state index in [0.29, 0.717) is 5.56 Å². The Kier molecular flexibility index (Phi) is 3.06. The molecule has 0 atom stereocenters. The second-order valence-electron chi connectivity index (χ2n) is 4.64. The number of primary amides is 1. The Labute approximate surface area is 124 Å². The van der Waals surface area contributed by atoms with E-state index in [1.54, 1.807) is 18.2 Å². The maximum atomic E-state index is 12.6. The fraction of sp³-hybridized carbons (Fsp3) is 0. The van der Waals surface area contributed by atoms with Gasteiger partial charge >= 0.3 is 11.9 Å². The Bertz CT molecular complexity index is 853. The molecule has 0 heterocycles. The number of carbonyl (C=O) groups excluding carboxylic acids is 4. The molecule has 6 heteroatoms. The Morgan fingerprint density at radius 1 is 0.818 bits per heavy atom. The lowest BCUT2D eigenvalue weighted by atomic mass is 9.83. The van der Waals surface area contributed by atoms with Crippen molar-refractivity contribution in [3.63, 3.8) is 0 Å². The zero-order valence-corrected chi connectivity index (χ0v) is 11.2. The lowest BCUT2D eigenvalue weighted by Crippen LogP contribution is -2.29. The van der Waals surface area contributed by atoms with E-state index in [1.807, 2.05) is 0 Å². The van der Waals surface area contributed by atoms with Crippen LogP contribution in [0.2, 0.25) is 0 Å². The normalized spacial score (nSPS) is 12.4. The van der Waals surface area contributed by atoms with E-state index in [1.165, 1.54) is 24.3 Å². The number of hydrogen-bond donors (Lipinski definition) is 1. The lowest BCUT2D eigenvalue weighted by Gasteiger charge is -2.19. The quantitative estimate of drug-likeness (QED) is 0.407. The number of nitrogens with two attached hydrogens (primary N) is 1. The van der Waals surface area contributed by atoms with Crippen molar-refractivity contribution in [2.45, 2.75) is 0 Å². The summed E-state index contributed by atoms with van der Waals surface area (Å²) in [5.41, 5.74) is 5.43. The molecule has 108 valence electrons. The molecule has 1 amide bonds. The number of fused-ring (bicyclic) bond motifs is 2. The highest BCUT2D eigenvalue weighted by atomic mass is 16.5. The molecule has 6 nitrogen and oxygen atoms in total. The topological polar surface area (TPSA) is 104 Å². The summed E-state index contributed by atoms with van der Waals surface area (Å²) in [5, 5.41) is 0. The van der Waals surface area contributed by atoms with Gasteiger partial charge in [0, 0.05) is 16.7 Å². The minimum Gasteiger partial charge on any atom is -0.419 e. The minimum absolute atomic E-state index is 0.0409. The SMILES string of the molecule is NC(=O)C(=O)Oc1cccc2c1C(=O)c1ccccc1C2=O. The summed E-state index contributed by atoms with van der Waals surface area (Å²) in [7, 11) is 0. The molecule has 0 aromatic heterocycles. The molecule has 0 radical (unpaired) electrons. The number of carbonyl (C=O) groups is 4. The first kappa shape index (κ1) is 13.7. The number of hydrogen-bond acceptors (Lipinski definition) is 5. The van der Waals surface area contributed by atoms with Gasteiger partial charge in [-0.15, -0.1) is 0 Å². The van der Waals surface area contributed by atoms with Crippen molar-refractivity contribution in [2.24, 2.45) is 5.73 Å². The minimum atomic E-state index is -1.30. The van der Waals surface area contributed by atoms with Gasteiger partial charge in [-0.25, -0.2) is 4.79 Å². The Morgan fingerprint density at radius 3 is 2.05 bits per heavy atom. The van der Waals surface area contributed by atoms with E-state index in [2.05, 4.69) is 0 Å². The third-order valence-electron chi connectivity index (χ3n) is 3.32. The van der Waals surface area contributed by atoms with Crippen LogP contribution in [0.5, 0.6) is 5.75 Å². The summed E-state index contributed by atoms with van der Waals surface area (Å²) in [6.07, 6.45) is 0. The highest BCUT2D eigenvalue weighted by Crippen LogP contribution is 2.33. The van der Waals surface area contributed by atoms with Crippen LogP contribution in [-0.2, 0) is 9.59 Å². The summed E-state index contributed by atoms with van der Waals surface area (Å²) < 4.78 is 4.82. The van der Waals surface area contributed by atoms with Crippen molar-refractivity contribution in [2.75, 3.05) is 0 Å². The van der Waals surface area contributed by atoms with E-state index >= 15 is 0 Å². The predicted octanol–water partition coefficient (Wildman–Crippen LogP) is 0.853. The molecular weight excluding hydrogens is 286 g/mol. The first-order valence-corrected chi connectivity index (χ1v) is 6.33. The van der Waals surface area contributed by atoms with Crippen LogP contribution in [0.1, 0.15) is 31.8 Å². The van der Waals surface area contributed by atoms with Gasteiger partial charge in [-0.1, -0.05) is 36.4 Å². The van der Waals surface area contributed by atoms with Gasteiger partial charge < -0.3 is 10.5 Å². The molecule has 1 aliphatic rings. The Balaban J connectivity index is 2.17. The highest BCUT2D eigenvalue weighted by molar-refractivity contribution is 6.33. The van der Waals surface area contributed by atoms with Crippen LogP contribution in [-0.4, -0.2) is 23.4 Å². The van der Waals surface area contributed by atoms with Crippen molar-refractivity contribution in [1.29, 1.82) is 0 Å². The van der Waals surface area contributed by atoms with Crippen LogP contribution in [0.25, 0.3) is 0 Å². The van der Waals surface area contributed by atoms with Crippen molar-refractivity contribution in [3.05, 3.63) is 64.7 Å². The van der Waals surface area contributed by atoms with E-state index in [9.17, 15) is 19.2 Å². The third-order valence-corrected chi connectivity index (χ3v) is 3.32. The molecule has 22 heavy (non-hydrogen) atoms. The molecule has 0 saturated heterocycles. The number of benzene rings is 2. The molecule has 0 saturated carbocycles. The Morgan fingerprint density at radius 2 is 1.41 bits per heavy atom. The number of esters is 1. The molecule has 3 rings (SSSR count). The molecule has 2 N–H and O–H groups in total. The number of rotatable bonds is 1. The molecule has 0 aliphatic heterocycles. The van der Waals surface area contributed by atoms with Gasteiger partial charge in [0.15, 0.2) is 11.6 Å². The van der Waals surface area contributed by atoms with Crippen LogP contribution in [0.4, 0.5) is 0 Å². The number of amides is 1. The molecule has 2 aromatic carbocycles. The zero-order valence-electron chi connectivity index (χ0n) is 11.2. The summed E-state index contributed by atoms with van der Waals surface area (Å²) in [4.78, 5) is 47.2. The first-order chi connectivity index (χ1) is 10.5. The van der Waals surface area contributed by atoms with Crippen LogP contribution < -0.4 is 10.5 Å². The average molecular weight is 295 g/mol. The van der Waals surface area contributed by atoms with Gasteiger partial charge in [-0.3, -0.25) is 14.4 Å². The van der Waals surface area contributed by atoms with Crippen LogP contribution in [0.15, 0.2) is 42.5 Å². The summed E-state index contributed by atoms with van der Waals surface area (Å²) in [6.45, 7) is 0. The molecule has 0 spiro atoms. The second kappa shape index (κ2) is 4.92. The standard InChI is InChI=1S/C16H9NO5/c17-15(20)16(21)22-11-7-3-6-10-12(11)14(19)9-5-2-1-4-8(9)13(10)18/h1-7H,(H2,17,20). The predicted molar refractivity (Wildman–Crippen MR) is 74.6 cm³/mol. The highest BCUT2D eigenvalue weighted by Gasteiger charge is 2.32. The van der Waals surface area contributed by atoms with E-state index in [4.69, 9.17) is 10.5 Å². The van der Waals surface area contributed by atoms with Gasteiger partial charge in [0.25, 0.3) is 0 Å². The van der Waals surface area contributed by atoms with Gasteiger partial charge in [0.1, 0.15) is 5.75 Å². The summed E-state index contributed by atoms with van der Waals surface area (Å²) in [5.74, 6) is -3.53. The molecule has 1 aliphatic carbocycles. The van der Waals surface area contributed by atoms with Crippen molar-refractivity contribution in [1.82, 2.24) is 0 Å². The van der Waals surface area contributed by atoms with Gasteiger partial charge in [0.2, 0.25) is 0 Å². The fourth-order valence-electron chi connectivity index (χ4n) is 2.35. The average Bonchev–Trinajstić information content (AvgIpc) is 2.52. The number of ketones is 2. The molecular formula is C16H9NO5. The summed E-state index contributed by atoms with van der Waals surface area (Å²) in [6, 6.07) is 10.6. The number of ether oxygens (including phenoxy) is 1. The summed E-state index contributed by atoms with van der Waals surface area (Å²) >= 11 is 0. The molecule has 0 unspecified atom stereocenters. The Hall–Kier alpha value is -3.28. The van der Waals surface area contributed by atoms with Crippen molar-refractivity contribution >= 4 is 23.4 Å². The molecule has 2 aromatic rings. The third kappa shape index (κ3) is 1.98. The fourth-order valence-corrected chi connectivity index (χ4v) is 2.35. The van der Waals surface area contributed by atoms with Crippen LogP contribution >= 0.6 is 0 Å². The smallest absolute Gasteiger partial charge is 0.401 e. The first-order valence-electron chi connectivity index (χ1n) is 6.33. The van der Waals surface area contributed by atoms with Gasteiger partial charge in [-0.2, -0.15) is 0 Å². The zero-order chi connectivity index (χ0) is 15.9. The maximum absolute atomic E-state index is 12.6. The molecule has 0 fully saturated rings. The monoisotopic (exact) mass is 295 g/mol. The second-order valence-corrected chi connectivity index (χ2v) is 4.64. The van der Waals surface area contributed by atoms with Crippen molar-refractivity contribution in [3.8, 4) is 5.75 Å². The van der Waals surface area contributed by atoms with Gasteiger partial charge in [-0.05, 0) is 6.07 Å². The van der Waals surface area contributed by atoms with E-state index in [0.717, 1.165) is 0 Å². The lowest BCUT2D eigenvalue weighted by molar-refractivity contribution is -0.146. The maximum Gasteiger partial charge on any atom is 0.401 e. The van der Waals surface area contributed by atoms with Crippen molar-refractivity contribution < 1.29 is 23.9 Å². The van der Waals surface area contributed by atoms with Gasteiger partial charge in [0.05, 0.1) is 5.56 Å². The van der Waals surface area contributed by atoms with E-state index in [-0.39, 0.29) is 28.2 Å². The molecule has 0 bridgehead atoms. The van der Waals surface area contributed by atoms with Crippen LogP contribution in [0.3, 0.4) is 0 Å².